The number of phosphoric ester groups is 2. The fraction of sp³-hybridized carbons (Fsp3) is 0.667. The van der Waals surface area contributed by atoms with Crippen LogP contribution in [0, 0.1) is 0 Å². The van der Waals surface area contributed by atoms with E-state index in [9.17, 15) is 48.6 Å². The van der Waals surface area contributed by atoms with Crippen LogP contribution in [-0.4, -0.2) is 96.9 Å². The molecule has 2 heterocycles. The minimum Gasteiger partial charge on any atom is -0.462 e. The van der Waals surface area contributed by atoms with Crippen LogP contribution in [0.15, 0.2) is 77.8 Å². The number of nitrogens with zero attached hydrogens (tertiary/aromatic N) is 2. The van der Waals surface area contributed by atoms with E-state index in [1.54, 1.807) is 12.2 Å². The van der Waals surface area contributed by atoms with Crippen molar-refractivity contribution in [1.29, 1.82) is 0 Å². The molecule has 0 bridgehead atoms. The Hall–Kier alpha value is -3.58. The molecule has 1 aliphatic heterocycles. The predicted molar refractivity (Wildman–Crippen MR) is 262 cm³/mol. The van der Waals surface area contributed by atoms with Crippen LogP contribution in [0.5, 0.6) is 0 Å². The molecule has 1 aliphatic rings. The van der Waals surface area contributed by atoms with Crippen LogP contribution in [0.3, 0.4) is 0 Å². The normalized spacial score (nSPS) is 20.3. The maximum absolute atomic E-state index is 12.8. The molecule has 2 rings (SSSR count). The number of ether oxygens (including phenoxy) is 3. The van der Waals surface area contributed by atoms with Gasteiger partial charge in [-0.15, -0.1) is 0 Å². The van der Waals surface area contributed by atoms with Gasteiger partial charge in [0, 0.05) is 19.0 Å². The van der Waals surface area contributed by atoms with Crippen molar-refractivity contribution in [3.63, 3.8) is 0 Å². The Balaban J connectivity index is 1.87. The lowest BCUT2D eigenvalue weighted by Gasteiger charge is -2.21. The number of unbranched alkanes of at least 4 members (excludes halogenated alkanes) is 12. The SMILES string of the molecule is CC/C=C\C/C=C\C/C=C\C/C=C\C=C\C(O)CCCC(=O)O[C@H](COC(=O)CCCCCCCCCCCCCCC)COP(=O)(O)OP(=O)(O)OC[C@H]1O[C@@H](n2ccc(N)nc2=O)[C@H](O)[C@@H]1O. The van der Waals surface area contributed by atoms with Gasteiger partial charge in [-0.05, 0) is 51.0 Å². The smallest absolute Gasteiger partial charge is 0.462 e. The number of carbonyl (C=O) groups excluding carboxylic acids is 2. The highest BCUT2D eigenvalue weighted by Gasteiger charge is 2.46. The van der Waals surface area contributed by atoms with Gasteiger partial charge in [0.15, 0.2) is 12.3 Å². The van der Waals surface area contributed by atoms with Gasteiger partial charge < -0.3 is 45.1 Å². The molecular formula is C48H79N3O16P2. The summed E-state index contributed by atoms with van der Waals surface area (Å²) in [6.07, 6.45) is 30.5. The average Bonchev–Trinajstić information content (AvgIpc) is 3.58. The van der Waals surface area contributed by atoms with Crippen molar-refractivity contribution in [3.8, 4) is 0 Å². The third kappa shape index (κ3) is 29.4. The van der Waals surface area contributed by atoms with Crippen molar-refractivity contribution < 1.29 is 71.4 Å². The summed E-state index contributed by atoms with van der Waals surface area (Å²) >= 11 is 0. The number of aromatic nitrogens is 2. The summed E-state index contributed by atoms with van der Waals surface area (Å²) in [6, 6.07) is 1.24. The number of nitrogen functional groups attached to an aromatic ring is 1. The molecule has 392 valence electrons. The molecule has 1 saturated heterocycles. The molecule has 8 atom stereocenters. The van der Waals surface area contributed by atoms with Crippen LogP contribution in [-0.2, 0) is 46.3 Å². The lowest BCUT2D eigenvalue weighted by atomic mass is 10.0. The zero-order valence-electron chi connectivity index (χ0n) is 40.5. The Labute approximate surface area is 407 Å². The zero-order chi connectivity index (χ0) is 50.8. The number of esters is 2. The summed E-state index contributed by atoms with van der Waals surface area (Å²) in [5.74, 6) is -1.51. The number of aliphatic hydroxyl groups is 3. The number of carbonyl (C=O) groups is 2. The summed E-state index contributed by atoms with van der Waals surface area (Å²) < 4.78 is 56.5. The van der Waals surface area contributed by atoms with E-state index >= 15 is 0 Å². The molecule has 0 radical (unpaired) electrons. The van der Waals surface area contributed by atoms with Crippen LogP contribution in [0.25, 0.3) is 0 Å². The summed E-state index contributed by atoms with van der Waals surface area (Å²) in [6.45, 7) is 1.84. The zero-order valence-corrected chi connectivity index (χ0v) is 42.2. The van der Waals surface area contributed by atoms with E-state index in [0.29, 0.717) is 6.42 Å². The number of phosphoric acid groups is 2. The summed E-state index contributed by atoms with van der Waals surface area (Å²) in [7, 11) is -10.9. The molecule has 0 spiro atoms. The number of hydrogen-bond donors (Lipinski definition) is 6. The highest BCUT2D eigenvalue weighted by Crippen LogP contribution is 2.60. The molecule has 7 N–H and O–H groups in total. The number of rotatable bonds is 39. The van der Waals surface area contributed by atoms with E-state index in [2.05, 4.69) is 53.5 Å². The molecule has 3 unspecified atom stereocenters. The van der Waals surface area contributed by atoms with Gasteiger partial charge in [0.25, 0.3) is 0 Å². The van der Waals surface area contributed by atoms with Crippen molar-refractivity contribution in [2.24, 2.45) is 0 Å². The number of allylic oxidation sites excluding steroid dienone is 9. The maximum Gasteiger partial charge on any atom is 0.481 e. The summed E-state index contributed by atoms with van der Waals surface area (Å²) in [4.78, 5) is 61.8. The van der Waals surface area contributed by atoms with Crippen LogP contribution < -0.4 is 11.4 Å². The van der Waals surface area contributed by atoms with Crippen molar-refractivity contribution >= 4 is 33.4 Å². The fourth-order valence-electron chi connectivity index (χ4n) is 6.93. The van der Waals surface area contributed by atoms with Crippen molar-refractivity contribution in [2.75, 3.05) is 25.6 Å². The van der Waals surface area contributed by atoms with Crippen molar-refractivity contribution in [1.82, 2.24) is 9.55 Å². The van der Waals surface area contributed by atoms with Gasteiger partial charge >= 0.3 is 33.3 Å². The molecule has 21 heteroatoms. The summed E-state index contributed by atoms with van der Waals surface area (Å²) in [5.41, 5.74) is 4.57. The first kappa shape index (κ1) is 61.5. The molecule has 1 fully saturated rings. The standard InChI is InChI=1S/C48H79N3O16P2/c1-3-5-7-9-11-13-15-17-19-21-23-25-27-30-39(52)31-29-33-44(54)65-40(36-62-43(53)32-28-26-24-22-20-18-16-14-12-10-8-6-4-2)37-63-68(58,59)67-69(60,61)64-38-41-45(55)46(56)47(66-41)51-35-34-42(49)50-48(51)57/h5,7,11,13,17,19,23,25,27,30,34-35,39-41,45-47,52,55-56H,3-4,6,8-10,12,14-16,18,20-22,24,26,28-29,31-33,36-38H2,1-2H3,(H,58,59)(H,60,61)(H2,49,50,57)/b7-5-,13-11-,19-17-,25-23-,30-27+/t39?,40-,41-,45-,46-,47-/m1/s1. The van der Waals surface area contributed by atoms with Gasteiger partial charge in [-0.1, -0.05) is 152 Å². The van der Waals surface area contributed by atoms with Gasteiger partial charge in [-0.2, -0.15) is 9.29 Å². The second-order valence-electron chi connectivity index (χ2n) is 16.8. The first-order valence-electron chi connectivity index (χ1n) is 24.4. The van der Waals surface area contributed by atoms with E-state index in [4.69, 9.17) is 29.0 Å². The van der Waals surface area contributed by atoms with Crippen LogP contribution in [0.4, 0.5) is 5.82 Å². The molecule has 0 saturated carbocycles. The fourth-order valence-corrected chi connectivity index (χ4v) is 9.04. The molecule has 69 heavy (non-hydrogen) atoms. The first-order chi connectivity index (χ1) is 33.1. The maximum atomic E-state index is 12.8. The minimum absolute atomic E-state index is 0.0863. The summed E-state index contributed by atoms with van der Waals surface area (Å²) in [5, 5.41) is 31.3. The first-order valence-corrected chi connectivity index (χ1v) is 27.4. The van der Waals surface area contributed by atoms with E-state index < -0.39 is 89.8 Å². The Kier molecular flexibility index (Phi) is 32.4. The minimum atomic E-state index is -5.47. The van der Waals surface area contributed by atoms with Gasteiger partial charge in [-0.25, -0.2) is 13.9 Å². The largest absolute Gasteiger partial charge is 0.481 e. The predicted octanol–water partition coefficient (Wildman–Crippen LogP) is 8.52. The van der Waals surface area contributed by atoms with E-state index in [-0.39, 0.29) is 31.5 Å². The Morgan fingerprint density at radius 3 is 1.94 bits per heavy atom. The number of hydrogen-bond acceptors (Lipinski definition) is 16. The van der Waals surface area contributed by atoms with Crippen LogP contribution in [0.1, 0.15) is 155 Å². The lowest BCUT2D eigenvalue weighted by Crippen LogP contribution is -2.36. The number of aliphatic hydroxyl groups excluding tert-OH is 3. The molecule has 1 aromatic heterocycles. The van der Waals surface area contributed by atoms with E-state index in [0.717, 1.165) is 62.1 Å². The van der Waals surface area contributed by atoms with Gasteiger partial charge in [-0.3, -0.25) is 23.2 Å². The van der Waals surface area contributed by atoms with Gasteiger partial charge in [0.05, 0.1) is 19.3 Å². The quantitative estimate of drug-likeness (QED) is 0.0118. The van der Waals surface area contributed by atoms with Crippen LogP contribution >= 0.6 is 15.6 Å². The molecule has 19 nitrogen and oxygen atoms in total. The average molecular weight is 1020 g/mol. The highest BCUT2D eigenvalue weighted by molar-refractivity contribution is 7.61. The Bertz CT molecular complexity index is 1910. The van der Waals surface area contributed by atoms with Crippen molar-refractivity contribution in [3.05, 3.63) is 83.5 Å². The third-order valence-electron chi connectivity index (χ3n) is 10.7. The molecular weight excluding hydrogens is 936 g/mol. The van der Waals surface area contributed by atoms with Crippen LogP contribution in [0.2, 0.25) is 0 Å². The van der Waals surface area contributed by atoms with E-state index in [1.165, 1.54) is 57.4 Å². The monoisotopic (exact) mass is 1020 g/mol. The second kappa shape index (κ2) is 36.4. The van der Waals surface area contributed by atoms with Gasteiger partial charge in [0.2, 0.25) is 0 Å². The Morgan fingerprint density at radius 2 is 1.33 bits per heavy atom. The van der Waals surface area contributed by atoms with Gasteiger partial charge in [0.1, 0.15) is 30.7 Å². The third-order valence-corrected chi connectivity index (χ3v) is 13.3. The van der Waals surface area contributed by atoms with E-state index in [1.807, 2.05) is 18.2 Å². The Morgan fingerprint density at radius 1 is 0.768 bits per heavy atom. The topological polar surface area (TPSA) is 286 Å². The van der Waals surface area contributed by atoms with Crippen molar-refractivity contribution in [2.45, 2.75) is 185 Å². The molecule has 0 amide bonds. The second-order valence-corrected chi connectivity index (χ2v) is 19.8. The highest BCUT2D eigenvalue weighted by atomic mass is 31.3. The lowest BCUT2D eigenvalue weighted by molar-refractivity contribution is -0.161. The molecule has 1 aromatic rings. The molecule has 0 aliphatic carbocycles. The molecule has 0 aromatic carbocycles. The number of anilines is 1. The number of nitrogens with two attached hydrogens (primary N) is 1.